The second-order valence-corrected chi connectivity index (χ2v) is 5.20. The maximum absolute atomic E-state index is 12.3. The first kappa shape index (κ1) is 14.5. The Morgan fingerprint density at radius 1 is 1.35 bits per heavy atom. The van der Waals surface area contributed by atoms with Crippen molar-refractivity contribution in [1.82, 2.24) is 14.6 Å². The zero-order valence-electron chi connectivity index (χ0n) is 12.4. The number of carbonyl (C=O) groups is 1. The van der Waals surface area contributed by atoms with Crippen LogP contribution >= 0.6 is 0 Å². The standard InChI is InChI=1S/C16H12N4O3/c1-8-4-5-10(6-9(8)2)11-7-20-14(15(21)18-11)12(17-3)13(19-20)16(22)23/h4-7H,1-2H3,(H,18,21)(H,22,23). The predicted molar refractivity (Wildman–Crippen MR) is 83.9 cm³/mol. The number of aromatic amines is 1. The van der Waals surface area contributed by atoms with Gasteiger partial charge in [-0.2, -0.15) is 5.10 Å². The smallest absolute Gasteiger partial charge is 0.345 e. The highest BCUT2D eigenvalue weighted by molar-refractivity contribution is 5.97. The van der Waals surface area contributed by atoms with Gasteiger partial charge in [-0.25, -0.2) is 14.2 Å². The molecule has 0 atom stereocenters. The van der Waals surface area contributed by atoms with Gasteiger partial charge < -0.3 is 10.1 Å². The monoisotopic (exact) mass is 308 g/mol. The molecule has 0 unspecified atom stereocenters. The number of carboxylic acids is 1. The summed E-state index contributed by atoms with van der Waals surface area (Å²) in [6.07, 6.45) is 1.52. The topological polar surface area (TPSA) is 91.8 Å². The molecule has 0 fully saturated rings. The zero-order valence-corrected chi connectivity index (χ0v) is 12.4. The number of aryl methyl sites for hydroxylation is 2. The van der Waals surface area contributed by atoms with E-state index in [1.807, 2.05) is 32.0 Å². The minimum absolute atomic E-state index is 0.0648. The number of H-pyrrole nitrogens is 1. The van der Waals surface area contributed by atoms with Gasteiger partial charge in [0.1, 0.15) is 5.52 Å². The Bertz CT molecular complexity index is 1050. The van der Waals surface area contributed by atoms with Crippen LogP contribution < -0.4 is 5.56 Å². The van der Waals surface area contributed by atoms with Crippen LogP contribution in [-0.2, 0) is 0 Å². The van der Waals surface area contributed by atoms with Gasteiger partial charge in [0, 0.05) is 0 Å². The van der Waals surface area contributed by atoms with Gasteiger partial charge in [-0.15, -0.1) is 0 Å². The van der Waals surface area contributed by atoms with Gasteiger partial charge in [0.05, 0.1) is 18.5 Å². The summed E-state index contributed by atoms with van der Waals surface area (Å²) in [5.74, 6) is -1.34. The number of benzene rings is 1. The molecule has 0 amide bonds. The lowest BCUT2D eigenvalue weighted by Gasteiger charge is -2.06. The molecule has 0 bridgehead atoms. The molecule has 1 aromatic carbocycles. The number of hydrogen-bond donors (Lipinski definition) is 2. The summed E-state index contributed by atoms with van der Waals surface area (Å²) in [6, 6.07) is 5.71. The molecule has 2 heterocycles. The maximum atomic E-state index is 12.3. The summed E-state index contributed by atoms with van der Waals surface area (Å²) in [4.78, 5) is 29.3. The Morgan fingerprint density at radius 2 is 2.09 bits per heavy atom. The Hall–Kier alpha value is -3.40. The first-order valence-electron chi connectivity index (χ1n) is 6.76. The highest BCUT2D eigenvalue weighted by Gasteiger charge is 2.21. The number of aromatic carboxylic acids is 1. The quantitative estimate of drug-likeness (QED) is 0.712. The molecular formula is C16H12N4O3. The normalized spacial score (nSPS) is 10.7. The molecule has 2 N–H and O–H groups in total. The summed E-state index contributed by atoms with van der Waals surface area (Å²) < 4.78 is 1.15. The average Bonchev–Trinajstić information content (AvgIpc) is 2.89. The van der Waals surface area contributed by atoms with Gasteiger partial charge in [0.25, 0.3) is 11.2 Å². The van der Waals surface area contributed by atoms with Crippen molar-refractivity contribution in [3.63, 3.8) is 0 Å². The van der Waals surface area contributed by atoms with E-state index >= 15 is 0 Å². The van der Waals surface area contributed by atoms with E-state index in [2.05, 4.69) is 14.9 Å². The molecule has 0 aliphatic heterocycles. The summed E-state index contributed by atoms with van der Waals surface area (Å²) in [5.41, 5.74) is 2.17. The van der Waals surface area contributed by atoms with Crippen molar-refractivity contribution in [2.24, 2.45) is 0 Å². The minimum atomic E-state index is -1.34. The Labute approximate surface area is 130 Å². The van der Waals surface area contributed by atoms with Crippen LogP contribution in [0, 0.1) is 20.4 Å². The predicted octanol–water partition coefficient (Wildman–Crippen LogP) is 2.56. The van der Waals surface area contributed by atoms with Crippen molar-refractivity contribution in [2.75, 3.05) is 0 Å². The van der Waals surface area contributed by atoms with Crippen molar-refractivity contribution in [1.29, 1.82) is 0 Å². The third kappa shape index (κ3) is 2.26. The third-order valence-electron chi connectivity index (χ3n) is 3.73. The van der Waals surface area contributed by atoms with Crippen LogP contribution in [-0.4, -0.2) is 25.7 Å². The Kier molecular flexibility index (Phi) is 3.22. The van der Waals surface area contributed by atoms with Crippen LogP contribution in [0.4, 0.5) is 5.69 Å². The molecule has 23 heavy (non-hydrogen) atoms. The van der Waals surface area contributed by atoms with Crippen LogP contribution in [0.5, 0.6) is 0 Å². The molecule has 0 aliphatic rings. The second-order valence-electron chi connectivity index (χ2n) is 5.20. The number of hydrogen-bond acceptors (Lipinski definition) is 3. The lowest BCUT2D eigenvalue weighted by atomic mass is 10.0. The first-order valence-corrected chi connectivity index (χ1v) is 6.76. The fraction of sp³-hybridized carbons (Fsp3) is 0.125. The van der Waals surface area contributed by atoms with Crippen LogP contribution in [0.1, 0.15) is 21.6 Å². The van der Waals surface area contributed by atoms with Crippen molar-refractivity contribution >= 4 is 17.2 Å². The largest absolute Gasteiger partial charge is 0.477 e. The van der Waals surface area contributed by atoms with Gasteiger partial charge in [-0.3, -0.25) is 4.79 Å². The summed E-state index contributed by atoms with van der Waals surface area (Å²) in [5, 5.41) is 13.0. The molecule has 7 heteroatoms. The molecule has 0 radical (unpaired) electrons. The molecule has 0 spiro atoms. The van der Waals surface area contributed by atoms with E-state index in [1.165, 1.54) is 6.20 Å². The van der Waals surface area contributed by atoms with E-state index in [4.69, 9.17) is 11.7 Å². The lowest BCUT2D eigenvalue weighted by Crippen LogP contribution is -2.11. The van der Waals surface area contributed by atoms with E-state index in [1.54, 1.807) is 0 Å². The zero-order chi connectivity index (χ0) is 16.7. The molecule has 0 aliphatic carbocycles. The summed E-state index contributed by atoms with van der Waals surface area (Å²) >= 11 is 0. The van der Waals surface area contributed by atoms with Crippen LogP contribution in [0.2, 0.25) is 0 Å². The highest BCUT2D eigenvalue weighted by atomic mass is 16.4. The first-order chi connectivity index (χ1) is 10.9. The highest BCUT2D eigenvalue weighted by Crippen LogP contribution is 2.25. The number of fused-ring (bicyclic) bond motifs is 1. The number of nitrogens with zero attached hydrogens (tertiary/aromatic N) is 3. The van der Waals surface area contributed by atoms with Gasteiger partial charge in [0.2, 0.25) is 0 Å². The molecule has 7 nitrogen and oxygen atoms in total. The van der Waals surface area contributed by atoms with Crippen molar-refractivity contribution < 1.29 is 9.90 Å². The number of carboxylic acid groups (broad SMARTS) is 1. The number of rotatable bonds is 2. The van der Waals surface area contributed by atoms with E-state index in [0.29, 0.717) is 5.69 Å². The summed E-state index contributed by atoms with van der Waals surface area (Å²) in [6.45, 7) is 11.0. The SMILES string of the molecule is [C-]#[N+]c1c(C(=O)O)nn2cc(-c3ccc(C)c(C)c3)[nH]c(=O)c12. The minimum Gasteiger partial charge on any atom is -0.477 e. The molecule has 0 saturated heterocycles. The average molecular weight is 308 g/mol. The van der Waals surface area contributed by atoms with Crippen LogP contribution in [0.15, 0.2) is 29.2 Å². The Balaban J connectivity index is 2.30. The van der Waals surface area contributed by atoms with E-state index in [-0.39, 0.29) is 11.2 Å². The molecule has 114 valence electrons. The van der Waals surface area contributed by atoms with E-state index in [0.717, 1.165) is 21.2 Å². The van der Waals surface area contributed by atoms with E-state index in [9.17, 15) is 9.59 Å². The fourth-order valence-electron chi connectivity index (χ4n) is 2.37. The Morgan fingerprint density at radius 3 is 2.70 bits per heavy atom. The van der Waals surface area contributed by atoms with Gasteiger partial charge >= 0.3 is 5.97 Å². The van der Waals surface area contributed by atoms with Gasteiger partial charge in [0.15, 0.2) is 5.69 Å². The van der Waals surface area contributed by atoms with Gasteiger partial charge in [-0.05, 0) is 36.6 Å². The van der Waals surface area contributed by atoms with Crippen molar-refractivity contribution in [3.8, 4) is 11.3 Å². The second kappa shape index (κ2) is 5.10. The van der Waals surface area contributed by atoms with Crippen molar-refractivity contribution in [3.05, 3.63) is 63.0 Å². The molecule has 3 aromatic rings. The van der Waals surface area contributed by atoms with Crippen LogP contribution in [0.3, 0.4) is 0 Å². The molecule has 2 aromatic heterocycles. The number of nitrogens with one attached hydrogen (secondary N) is 1. The van der Waals surface area contributed by atoms with E-state index < -0.39 is 17.2 Å². The number of aromatic nitrogens is 3. The van der Waals surface area contributed by atoms with Crippen molar-refractivity contribution in [2.45, 2.75) is 13.8 Å². The third-order valence-corrected chi connectivity index (χ3v) is 3.73. The maximum Gasteiger partial charge on any atom is 0.345 e. The lowest BCUT2D eigenvalue weighted by molar-refractivity contribution is 0.0691. The van der Waals surface area contributed by atoms with Crippen LogP contribution in [0.25, 0.3) is 21.6 Å². The molecule has 3 rings (SSSR count). The summed E-state index contributed by atoms with van der Waals surface area (Å²) in [7, 11) is 0. The van der Waals surface area contributed by atoms with Gasteiger partial charge in [-0.1, -0.05) is 12.1 Å². The molecule has 0 saturated carbocycles. The fourth-order valence-corrected chi connectivity index (χ4v) is 2.37. The molecular weight excluding hydrogens is 296 g/mol.